The van der Waals surface area contributed by atoms with Gasteiger partial charge >= 0.3 is 0 Å². The van der Waals surface area contributed by atoms with Crippen LogP contribution in [0, 0.1) is 17.8 Å². The molecule has 0 aliphatic heterocycles. The number of ketones is 2. The van der Waals surface area contributed by atoms with E-state index in [1.165, 1.54) is 11.0 Å². The molecule has 166 valence electrons. The zero-order valence-electron chi connectivity index (χ0n) is 17.4. The summed E-state index contributed by atoms with van der Waals surface area (Å²) in [7, 11) is 3.12. The van der Waals surface area contributed by atoms with Gasteiger partial charge in [-0.2, -0.15) is 0 Å². The van der Waals surface area contributed by atoms with Crippen LogP contribution >= 0.6 is 0 Å². The van der Waals surface area contributed by atoms with Crippen molar-refractivity contribution in [2.24, 2.45) is 23.5 Å². The number of benzene rings is 1. The highest BCUT2D eigenvalue weighted by Crippen LogP contribution is 2.56. The fourth-order valence-electron chi connectivity index (χ4n) is 6.02. The van der Waals surface area contributed by atoms with Crippen LogP contribution in [0.4, 0.5) is 0 Å². The minimum atomic E-state index is -2.22. The highest BCUT2D eigenvalue weighted by atomic mass is 16.3. The van der Waals surface area contributed by atoms with Gasteiger partial charge in [0.1, 0.15) is 22.7 Å². The van der Waals surface area contributed by atoms with E-state index in [0.29, 0.717) is 5.56 Å². The molecule has 7 atom stereocenters. The van der Waals surface area contributed by atoms with E-state index in [1.807, 2.05) is 6.92 Å². The van der Waals surface area contributed by atoms with E-state index in [-0.39, 0.29) is 23.7 Å². The van der Waals surface area contributed by atoms with Gasteiger partial charge in [0.2, 0.25) is 0 Å². The van der Waals surface area contributed by atoms with Crippen LogP contribution in [-0.2, 0) is 9.59 Å². The summed E-state index contributed by atoms with van der Waals surface area (Å²) in [5.74, 6) is -6.70. The topological polar surface area (TPSA) is 161 Å². The number of nitrogens with zero attached hydrogens (tertiary/aromatic N) is 1. The summed E-state index contributed by atoms with van der Waals surface area (Å²) < 4.78 is 0. The Balaban J connectivity index is 1.94. The Hall–Kier alpha value is -2.75. The second kappa shape index (κ2) is 6.88. The van der Waals surface area contributed by atoms with Crippen molar-refractivity contribution in [1.82, 2.24) is 4.90 Å². The van der Waals surface area contributed by atoms with Crippen molar-refractivity contribution in [3.63, 3.8) is 0 Å². The van der Waals surface area contributed by atoms with Gasteiger partial charge in [0.05, 0.1) is 17.7 Å². The number of amides is 1. The van der Waals surface area contributed by atoms with Crippen molar-refractivity contribution in [2.75, 3.05) is 14.1 Å². The van der Waals surface area contributed by atoms with E-state index < -0.39 is 64.3 Å². The average molecular weight is 430 g/mol. The number of carbonyl (C=O) groups excluding carboxylic acids is 3. The van der Waals surface area contributed by atoms with Gasteiger partial charge in [0.25, 0.3) is 5.91 Å². The number of aliphatic hydroxyl groups is 3. The van der Waals surface area contributed by atoms with Gasteiger partial charge in [-0.15, -0.1) is 0 Å². The Bertz CT molecular complexity index is 1030. The molecule has 4 rings (SSSR count). The van der Waals surface area contributed by atoms with Crippen LogP contribution in [0.15, 0.2) is 29.5 Å². The number of likely N-dealkylation sites (N-methyl/N-ethyl adjacent to an activating group) is 1. The molecule has 1 aromatic carbocycles. The number of aliphatic hydroxyl groups excluding tert-OH is 2. The predicted molar refractivity (Wildman–Crippen MR) is 108 cm³/mol. The number of aromatic hydroxyl groups is 1. The molecular weight excluding hydrogens is 404 g/mol. The van der Waals surface area contributed by atoms with Crippen LogP contribution < -0.4 is 5.73 Å². The van der Waals surface area contributed by atoms with E-state index in [9.17, 15) is 34.8 Å². The largest absolute Gasteiger partial charge is 0.508 e. The second-order valence-corrected chi connectivity index (χ2v) is 9.08. The summed E-state index contributed by atoms with van der Waals surface area (Å²) in [4.78, 5) is 39.8. The van der Waals surface area contributed by atoms with Crippen molar-refractivity contribution in [3.8, 4) is 5.75 Å². The van der Waals surface area contributed by atoms with Crippen LogP contribution in [-0.4, -0.2) is 74.6 Å². The lowest BCUT2D eigenvalue weighted by Crippen LogP contribution is -2.68. The first kappa shape index (κ1) is 21.5. The van der Waals surface area contributed by atoms with E-state index in [1.54, 1.807) is 26.2 Å². The average Bonchev–Trinajstić information content (AvgIpc) is 2.67. The normalized spacial score (nSPS) is 37.4. The van der Waals surface area contributed by atoms with Gasteiger partial charge in [-0.3, -0.25) is 19.3 Å². The number of primary amides is 1. The van der Waals surface area contributed by atoms with Crippen molar-refractivity contribution in [1.29, 1.82) is 0 Å². The van der Waals surface area contributed by atoms with Crippen LogP contribution in [0.1, 0.15) is 35.2 Å². The van der Waals surface area contributed by atoms with Gasteiger partial charge < -0.3 is 26.2 Å². The fraction of sp³-hybridized carbons (Fsp3) is 0.500. The Kier molecular flexibility index (Phi) is 4.77. The second-order valence-electron chi connectivity index (χ2n) is 9.08. The summed E-state index contributed by atoms with van der Waals surface area (Å²) >= 11 is 0. The highest BCUT2D eigenvalue weighted by molar-refractivity contribution is 6.22. The van der Waals surface area contributed by atoms with E-state index in [4.69, 9.17) is 5.73 Å². The number of hydrogen-bond acceptors (Lipinski definition) is 8. The Morgan fingerprint density at radius 3 is 2.42 bits per heavy atom. The number of phenolic OH excluding ortho intramolecular Hbond substituents is 1. The molecule has 3 aliphatic rings. The Labute approximate surface area is 178 Å². The number of Topliss-reactive ketones (excluding diaryl/α,β-unsaturated/α-hetero) is 2. The van der Waals surface area contributed by atoms with Crippen molar-refractivity contribution < 1.29 is 34.8 Å². The summed E-state index contributed by atoms with van der Waals surface area (Å²) in [6, 6.07) is 3.58. The quantitative estimate of drug-likeness (QED) is 0.405. The SMILES string of the molecule is C[C@H]1c2cccc(O)c2C(=O)C2C[C@@]3(O)C(O)=C(C(N)=O)C(=O)[C@@H](N(C)C)[C@@H]3[C@@H](O)[C@@H]21. The Morgan fingerprint density at radius 2 is 1.84 bits per heavy atom. The zero-order valence-corrected chi connectivity index (χ0v) is 17.4. The molecule has 9 heteroatoms. The lowest BCUT2D eigenvalue weighted by molar-refractivity contribution is -0.174. The lowest BCUT2D eigenvalue weighted by atomic mass is 9.52. The molecule has 6 N–H and O–H groups in total. The number of hydrogen-bond donors (Lipinski definition) is 5. The van der Waals surface area contributed by atoms with E-state index in [2.05, 4.69) is 0 Å². The summed E-state index contributed by atoms with van der Waals surface area (Å²) in [6.45, 7) is 1.82. The first-order valence-electron chi connectivity index (χ1n) is 10.1. The van der Waals surface area contributed by atoms with E-state index in [0.717, 1.165) is 0 Å². The molecule has 0 saturated heterocycles. The molecule has 0 aromatic heterocycles. The number of nitrogens with two attached hydrogens (primary N) is 1. The number of rotatable bonds is 2. The first-order valence-corrected chi connectivity index (χ1v) is 10.1. The van der Waals surface area contributed by atoms with Crippen molar-refractivity contribution >= 4 is 17.5 Å². The maximum Gasteiger partial charge on any atom is 0.255 e. The maximum atomic E-state index is 13.3. The molecule has 1 fully saturated rings. The zero-order chi connectivity index (χ0) is 23.0. The van der Waals surface area contributed by atoms with Crippen LogP contribution in [0.25, 0.3) is 0 Å². The maximum absolute atomic E-state index is 13.3. The van der Waals surface area contributed by atoms with Crippen molar-refractivity contribution in [2.45, 2.75) is 37.0 Å². The van der Waals surface area contributed by atoms with Gasteiger partial charge in [-0.1, -0.05) is 19.1 Å². The summed E-state index contributed by atoms with van der Waals surface area (Å²) in [5, 5.41) is 44.1. The standard InChI is InChI=1S/C22H26N2O7/c1-8-9-5-4-6-11(25)13(9)17(26)10-7-22(31)15(18(27)12(8)10)16(24(2)3)19(28)14(20(22)29)21(23)30/h4-6,8,10,12,15-16,18,25,27,29,31H,7H2,1-3H3,(H2,23,30)/t8-,10?,12+,15+,16-,18-,22-/m0/s1. The summed E-state index contributed by atoms with van der Waals surface area (Å²) in [5.41, 5.74) is 3.09. The van der Waals surface area contributed by atoms with Gasteiger partial charge in [-0.05, 0) is 38.1 Å². The molecule has 0 radical (unpaired) electrons. The minimum absolute atomic E-state index is 0.125. The third-order valence-corrected chi connectivity index (χ3v) is 7.34. The molecule has 9 nitrogen and oxygen atoms in total. The molecule has 1 unspecified atom stereocenters. The van der Waals surface area contributed by atoms with Gasteiger partial charge in [0.15, 0.2) is 11.6 Å². The predicted octanol–water partition coefficient (Wildman–Crippen LogP) is -0.153. The third kappa shape index (κ3) is 2.70. The number of fused-ring (bicyclic) bond motifs is 3. The van der Waals surface area contributed by atoms with Gasteiger partial charge in [-0.25, -0.2) is 0 Å². The minimum Gasteiger partial charge on any atom is -0.508 e. The number of phenols is 1. The lowest BCUT2D eigenvalue weighted by Gasteiger charge is -2.56. The van der Waals surface area contributed by atoms with Crippen LogP contribution in [0.3, 0.4) is 0 Å². The number of carbonyl (C=O) groups is 3. The van der Waals surface area contributed by atoms with E-state index >= 15 is 0 Å². The first-order chi connectivity index (χ1) is 14.4. The molecule has 0 spiro atoms. The highest BCUT2D eigenvalue weighted by Gasteiger charge is 2.65. The summed E-state index contributed by atoms with van der Waals surface area (Å²) in [6.07, 6.45) is -1.68. The van der Waals surface area contributed by atoms with Crippen LogP contribution in [0.2, 0.25) is 0 Å². The van der Waals surface area contributed by atoms with Crippen LogP contribution in [0.5, 0.6) is 5.75 Å². The molecule has 1 saturated carbocycles. The van der Waals surface area contributed by atoms with Gasteiger partial charge in [0, 0.05) is 17.8 Å². The monoisotopic (exact) mass is 430 g/mol. The molecule has 0 bridgehead atoms. The molecule has 3 aliphatic carbocycles. The Morgan fingerprint density at radius 1 is 1.19 bits per heavy atom. The fourth-order valence-corrected chi connectivity index (χ4v) is 6.02. The molecule has 0 heterocycles. The molecule has 31 heavy (non-hydrogen) atoms. The molecular formula is C22H26N2O7. The van der Waals surface area contributed by atoms with Crippen molar-refractivity contribution in [3.05, 3.63) is 40.7 Å². The third-order valence-electron chi connectivity index (χ3n) is 7.34. The molecule has 1 amide bonds. The smallest absolute Gasteiger partial charge is 0.255 e. The molecule has 1 aromatic rings.